The van der Waals surface area contributed by atoms with Crippen LogP contribution in [0.25, 0.3) is 0 Å². The van der Waals surface area contributed by atoms with Crippen molar-refractivity contribution in [1.29, 1.82) is 0 Å². The van der Waals surface area contributed by atoms with Crippen LogP contribution in [0.15, 0.2) is 42.5 Å². The van der Waals surface area contributed by atoms with Gasteiger partial charge in [-0.3, -0.25) is 4.79 Å². The van der Waals surface area contributed by atoms with Gasteiger partial charge in [0.2, 0.25) is 5.91 Å². The number of nitrogens with zero attached hydrogens (tertiary/aromatic N) is 1. The van der Waals surface area contributed by atoms with Gasteiger partial charge in [0, 0.05) is 12.5 Å². The molecule has 1 fully saturated rings. The fraction of sp³-hybridized carbons (Fsp3) is 0.571. The molecule has 2 atom stereocenters. The lowest BCUT2D eigenvalue weighted by Crippen LogP contribution is -2.35. The Balaban J connectivity index is 1.86. The second kappa shape index (κ2) is 9.54. The molecule has 0 bridgehead atoms. The van der Waals surface area contributed by atoms with Crippen LogP contribution >= 0.6 is 0 Å². The van der Waals surface area contributed by atoms with E-state index in [9.17, 15) is 4.79 Å². The third-order valence-electron chi connectivity index (χ3n) is 4.87. The van der Waals surface area contributed by atoms with Crippen LogP contribution in [0.1, 0.15) is 76.8 Å². The van der Waals surface area contributed by atoms with Gasteiger partial charge in [-0.25, -0.2) is 0 Å². The van der Waals surface area contributed by atoms with Gasteiger partial charge in [-0.1, -0.05) is 68.7 Å². The van der Waals surface area contributed by atoms with Gasteiger partial charge < -0.3 is 4.90 Å². The molecule has 0 spiro atoms. The van der Waals surface area contributed by atoms with Crippen molar-refractivity contribution < 1.29 is 4.79 Å². The van der Waals surface area contributed by atoms with Crippen molar-refractivity contribution >= 4 is 5.91 Å². The predicted octanol–water partition coefficient (Wildman–Crippen LogP) is 5.66. The molecule has 0 radical (unpaired) electrons. The van der Waals surface area contributed by atoms with Crippen molar-refractivity contribution in [2.24, 2.45) is 0 Å². The van der Waals surface area contributed by atoms with Gasteiger partial charge in [-0.2, -0.15) is 0 Å². The fourth-order valence-electron chi connectivity index (χ4n) is 3.48. The molecular weight excluding hydrogens is 282 g/mol. The Hall–Kier alpha value is -1.57. The predicted molar refractivity (Wildman–Crippen MR) is 97.2 cm³/mol. The van der Waals surface area contributed by atoms with Gasteiger partial charge in [0.25, 0.3) is 0 Å². The molecule has 0 saturated carbocycles. The highest BCUT2D eigenvalue weighted by Gasteiger charge is 2.33. The standard InChI is InChI=1S/C21H31NO/c1-3-4-5-6-7-8-12-15-20-16-17-21(23)22(20)18(2)19-13-10-9-11-14-19/h8-14,18,20H,3-7,15-17H2,1-2H3/b12-8-/t18-,20+/m1/s1. The molecule has 1 aliphatic rings. The van der Waals surface area contributed by atoms with E-state index in [0.717, 1.165) is 12.8 Å². The Morgan fingerprint density at radius 2 is 1.96 bits per heavy atom. The molecule has 1 aromatic carbocycles. The number of carbonyl (C=O) groups excluding carboxylic acids is 1. The van der Waals surface area contributed by atoms with E-state index in [4.69, 9.17) is 0 Å². The molecule has 2 nitrogen and oxygen atoms in total. The first-order valence-corrected chi connectivity index (χ1v) is 9.25. The summed E-state index contributed by atoms with van der Waals surface area (Å²) in [6.07, 6.45) is 13.7. The van der Waals surface area contributed by atoms with Crippen molar-refractivity contribution in [1.82, 2.24) is 4.90 Å². The molecule has 1 amide bonds. The molecule has 1 aromatic rings. The molecule has 1 aliphatic heterocycles. The van der Waals surface area contributed by atoms with Crippen molar-refractivity contribution in [3.8, 4) is 0 Å². The summed E-state index contributed by atoms with van der Waals surface area (Å²) >= 11 is 0. The number of amides is 1. The molecule has 126 valence electrons. The molecule has 0 unspecified atom stereocenters. The highest BCUT2D eigenvalue weighted by Crippen LogP contribution is 2.31. The first kappa shape index (κ1) is 17.8. The average Bonchev–Trinajstić information content (AvgIpc) is 2.95. The summed E-state index contributed by atoms with van der Waals surface area (Å²) in [6.45, 7) is 4.40. The van der Waals surface area contributed by atoms with Gasteiger partial charge in [-0.15, -0.1) is 0 Å². The summed E-state index contributed by atoms with van der Waals surface area (Å²) in [5.74, 6) is 0.308. The van der Waals surface area contributed by atoms with Gasteiger partial charge in [0.05, 0.1) is 6.04 Å². The maximum Gasteiger partial charge on any atom is 0.223 e. The zero-order valence-corrected chi connectivity index (χ0v) is 14.7. The van der Waals surface area contributed by atoms with E-state index in [1.807, 2.05) is 6.07 Å². The van der Waals surface area contributed by atoms with E-state index in [1.54, 1.807) is 0 Å². The maximum atomic E-state index is 12.3. The molecule has 0 aromatic heterocycles. The van der Waals surface area contributed by atoms with Crippen LogP contribution in [-0.4, -0.2) is 16.8 Å². The number of likely N-dealkylation sites (tertiary alicyclic amines) is 1. The third-order valence-corrected chi connectivity index (χ3v) is 4.87. The second-order valence-corrected chi connectivity index (χ2v) is 6.64. The van der Waals surface area contributed by atoms with Gasteiger partial charge >= 0.3 is 0 Å². The lowest BCUT2D eigenvalue weighted by molar-refractivity contribution is -0.131. The number of hydrogen-bond acceptors (Lipinski definition) is 1. The Morgan fingerprint density at radius 3 is 2.70 bits per heavy atom. The third kappa shape index (κ3) is 5.23. The minimum Gasteiger partial charge on any atom is -0.333 e. The fourth-order valence-corrected chi connectivity index (χ4v) is 3.48. The molecular formula is C21H31NO. The minimum atomic E-state index is 0.175. The summed E-state index contributed by atoms with van der Waals surface area (Å²) in [4.78, 5) is 14.4. The molecule has 1 heterocycles. The van der Waals surface area contributed by atoms with E-state index >= 15 is 0 Å². The number of rotatable bonds is 9. The number of hydrogen-bond donors (Lipinski definition) is 0. The first-order valence-electron chi connectivity index (χ1n) is 9.25. The molecule has 1 saturated heterocycles. The Bertz CT molecular complexity index is 494. The van der Waals surface area contributed by atoms with E-state index in [0.29, 0.717) is 18.4 Å². The molecule has 2 rings (SSSR count). The number of allylic oxidation sites excluding steroid dienone is 1. The monoisotopic (exact) mass is 313 g/mol. The zero-order chi connectivity index (χ0) is 16.5. The lowest BCUT2D eigenvalue weighted by Gasteiger charge is -2.31. The van der Waals surface area contributed by atoms with Crippen LogP contribution in [0.4, 0.5) is 0 Å². The molecule has 23 heavy (non-hydrogen) atoms. The first-order chi connectivity index (χ1) is 11.2. The zero-order valence-electron chi connectivity index (χ0n) is 14.7. The van der Waals surface area contributed by atoms with Crippen molar-refractivity contribution in [2.75, 3.05) is 0 Å². The second-order valence-electron chi connectivity index (χ2n) is 6.64. The van der Waals surface area contributed by atoms with Crippen LogP contribution < -0.4 is 0 Å². The van der Waals surface area contributed by atoms with Gasteiger partial charge in [0.1, 0.15) is 0 Å². The van der Waals surface area contributed by atoms with E-state index < -0.39 is 0 Å². The number of benzene rings is 1. The quantitative estimate of drug-likeness (QED) is 0.426. The SMILES string of the molecule is CCCCCC/C=C\C[C@H]1CCC(=O)N1[C@H](C)c1ccccc1. The van der Waals surface area contributed by atoms with Crippen LogP contribution in [0.2, 0.25) is 0 Å². The maximum absolute atomic E-state index is 12.3. The Morgan fingerprint density at radius 1 is 1.17 bits per heavy atom. The molecule has 0 N–H and O–H groups in total. The topological polar surface area (TPSA) is 20.3 Å². The van der Waals surface area contributed by atoms with Crippen LogP contribution in [-0.2, 0) is 4.79 Å². The largest absolute Gasteiger partial charge is 0.333 e. The Labute approximate surface area is 141 Å². The van der Waals surface area contributed by atoms with Crippen molar-refractivity contribution in [3.63, 3.8) is 0 Å². The van der Waals surface area contributed by atoms with Gasteiger partial charge in [-0.05, 0) is 38.2 Å². The van der Waals surface area contributed by atoms with Crippen molar-refractivity contribution in [2.45, 2.75) is 77.3 Å². The average molecular weight is 313 g/mol. The normalized spacial score (nSPS) is 19.7. The number of unbranched alkanes of at least 4 members (excludes halogenated alkanes) is 4. The van der Waals surface area contributed by atoms with E-state index in [1.165, 1.54) is 37.7 Å². The lowest BCUT2D eigenvalue weighted by atomic mass is 10.0. The molecule has 0 aliphatic carbocycles. The summed E-state index contributed by atoms with van der Waals surface area (Å²) in [5, 5.41) is 0. The Kier molecular flexibility index (Phi) is 7.38. The summed E-state index contributed by atoms with van der Waals surface area (Å²) in [6, 6.07) is 10.9. The smallest absolute Gasteiger partial charge is 0.223 e. The van der Waals surface area contributed by atoms with Gasteiger partial charge in [0.15, 0.2) is 0 Å². The highest BCUT2D eigenvalue weighted by atomic mass is 16.2. The van der Waals surface area contributed by atoms with Crippen LogP contribution in [0.3, 0.4) is 0 Å². The summed E-state index contributed by atoms with van der Waals surface area (Å²) in [5.41, 5.74) is 1.23. The van der Waals surface area contributed by atoms with E-state index in [2.05, 4.69) is 55.2 Å². The van der Waals surface area contributed by atoms with Crippen LogP contribution in [0.5, 0.6) is 0 Å². The van der Waals surface area contributed by atoms with Crippen LogP contribution in [0, 0.1) is 0 Å². The highest BCUT2D eigenvalue weighted by molar-refractivity contribution is 5.79. The van der Waals surface area contributed by atoms with Crippen molar-refractivity contribution in [3.05, 3.63) is 48.0 Å². The minimum absolute atomic E-state index is 0.175. The summed E-state index contributed by atoms with van der Waals surface area (Å²) < 4.78 is 0. The number of carbonyl (C=O) groups is 1. The molecule has 2 heteroatoms. The van der Waals surface area contributed by atoms with E-state index in [-0.39, 0.29) is 6.04 Å². The summed E-state index contributed by atoms with van der Waals surface area (Å²) in [7, 11) is 0.